The van der Waals surface area contributed by atoms with Crippen LogP contribution in [0.3, 0.4) is 0 Å². The van der Waals surface area contributed by atoms with Crippen LogP contribution in [0.5, 0.6) is 0 Å². The van der Waals surface area contributed by atoms with Gasteiger partial charge in [0.2, 0.25) is 0 Å². The largest absolute Gasteiger partial charge is 0.374 e. The number of rotatable bonds is 9. The van der Waals surface area contributed by atoms with Crippen LogP contribution in [-0.2, 0) is 0 Å². The average molecular weight is 350 g/mol. The molecule has 0 saturated heterocycles. The van der Waals surface area contributed by atoms with Crippen molar-refractivity contribution >= 4 is 5.69 Å². The standard InChI is InChI=1S/C20H26N6/c1-15(2)8-11-22-14-18(23-17-6-4-3-5-7-17)20-24-19(25-26-20)16-9-12-21-13-10-16/h3-7,9-10,12-13,15,18,22-23H,8,11,14H2,1-2H3,(H,24,25,26). The third-order valence-electron chi connectivity index (χ3n) is 4.13. The van der Waals surface area contributed by atoms with Crippen LogP contribution in [0.15, 0.2) is 54.9 Å². The smallest absolute Gasteiger partial charge is 0.181 e. The van der Waals surface area contributed by atoms with E-state index < -0.39 is 0 Å². The van der Waals surface area contributed by atoms with Crippen LogP contribution >= 0.6 is 0 Å². The molecule has 0 aliphatic carbocycles. The molecule has 136 valence electrons. The molecule has 26 heavy (non-hydrogen) atoms. The highest BCUT2D eigenvalue weighted by molar-refractivity contribution is 5.53. The van der Waals surface area contributed by atoms with Gasteiger partial charge in [-0.25, -0.2) is 4.98 Å². The zero-order chi connectivity index (χ0) is 18.2. The number of anilines is 1. The molecule has 0 spiro atoms. The summed E-state index contributed by atoms with van der Waals surface area (Å²) in [6, 6.07) is 14.0. The molecule has 3 N–H and O–H groups in total. The molecule has 0 radical (unpaired) electrons. The lowest BCUT2D eigenvalue weighted by Crippen LogP contribution is -2.28. The highest BCUT2D eigenvalue weighted by Crippen LogP contribution is 2.19. The van der Waals surface area contributed by atoms with E-state index in [0.29, 0.717) is 11.7 Å². The summed E-state index contributed by atoms with van der Waals surface area (Å²) in [4.78, 5) is 8.74. The second kappa shape index (κ2) is 9.10. The topological polar surface area (TPSA) is 78.5 Å². The molecule has 1 atom stereocenters. The molecule has 0 aliphatic heterocycles. The van der Waals surface area contributed by atoms with E-state index in [9.17, 15) is 0 Å². The lowest BCUT2D eigenvalue weighted by atomic mass is 10.1. The maximum absolute atomic E-state index is 4.69. The molecular formula is C20H26N6. The number of H-pyrrole nitrogens is 1. The highest BCUT2D eigenvalue weighted by atomic mass is 15.2. The number of aromatic nitrogens is 4. The fourth-order valence-electron chi connectivity index (χ4n) is 2.65. The van der Waals surface area contributed by atoms with E-state index in [-0.39, 0.29) is 6.04 Å². The molecule has 0 amide bonds. The third kappa shape index (κ3) is 5.13. The van der Waals surface area contributed by atoms with Crippen LogP contribution in [0.25, 0.3) is 11.4 Å². The van der Waals surface area contributed by atoms with Gasteiger partial charge in [-0.05, 0) is 43.1 Å². The quantitative estimate of drug-likeness (QED) is 0.513. The van der Waals surface area contributed by atoms with E-state index in [2.05, 4.69) is 51.8 Å². The number of benzene rings is 1. The molecule has 6 heteroatoms. The summed E-state index contributed by atoms with van der Waals surface area (Å²) in [5.41, 5.74) is 2.01. The second-order valence-corrected chi connectivity index (χ2v) is 6.73. The van der Waals surface area contributed by atoms with E-state index >= 15 is 0 Å². The number of pyridine rings is 1. The summed E-state index contributed by atoms with van der Waals surface area (Å²) in [5.74, 6) is 2.19. The summed E-state index contributed by atoms with van der Waals surface area (Å²) in [6.07, 6.45) is 4.65. The van der Waals surface area contributed by atoms with Crippen LogP contribution in [-0.4, -0.2) is 33.3 Å². The van der Waals surface area contributed by atoms with Crippen molar-refractivity contribution in [3.63, 3.8) is 0 Å². The lowest BCUT2D eigenvalue weighted by Gasteiger charge is -2.18. The van der Waals surface area contributed by atoms with Crippen molar-refractivity contribution in [2.45, 2.75) is 26.3 Å². The number of nitrogens with one attached hydrogen (secondary N) is 3. The zero-order valence-corrected chi connectivity index (χ0v) is 15.3. The first-order valence-corrected chi connectivity index (χ1v) is 9.07. The number of hydrogen-bond acceptors (Lipinski definition) is 5. The minimum absolute atomic E-state index is 0.00708. The summed E-state index contributed by atoms with van der Waals surface area (Å²) >= 11 is 0. The molecule has 0 fully saturated rings. The van der Waals surface area contributed by atoms with Gasteiger partial charge in [0.15, 0.2) is 5.82 Å². The molecule has 0 bridgehead atoms. The Balaban J connectivity index is 1.73. The van der Waals surface area contributed by atoms with Crippen LogP contribution in [0, 0.1) is 5.92 Å². The number of nitrogens with zero attached hydrogens (tertiary/aromatic N) is 3. The average Bonchev–Trinajstić information content (AvgIpc) is 3.16. The zero-order valence-electron chi connectivity index (χ0n) is 15.3. The first kappa shape index (κ1) is 18.1. The summed E-state index contributed by atoms with van der Waals surface area (Å²) in [5, 5.41) is 14.5. The monoisotopic (exact) mass is 350 g/mol. The number of hydrogen-bond donors (Lipinski definition) is 3. The third-order valence-corrected chi connectivity index (χ3v) is 4.13. The lowest BCUT2D eigenvalue weighted by molar-refractivity contribution is 0.519. The minimum Gasteiger partial charge on any atom is -0.374 e. The summed E-state index contributed by atoms with van der Waals surface area (Å²) in [7, 11) is 0. The molecule has 2 aromatic heterocycles. The van der Waals surface area contributed by atoms with Gasteiger partial charge in [-0.1, -0.05) is 32.0 Å². The fourth-order valence-corrected chi connectivity index (χ4v) is 2.65. The van der Waals surface area contributed by atoms with Crippen LogP contribution in [0.4, 0.5) is 5.69 Å². The van der Waals surface area contributed by atoms with Gasteiger partial charge in [0, 0.05) is 30.2 Å². The minimum atomic E-state index is 0.00708. The van der Waals surface area contributed by atoms with Crippen molar-refractivity contribution in [1.82, 2.24) is 25.5 Å². The van der Waals surface area contributed by atoms with Crippen LogP contribution in [0.1, 0.15) is 32.1 Å². The summed E-state index contributed by atoms with van der Waals surface area (Å²) in [6.45, 7) is 6.22. The maximum atomic E-state index is 4.69. The maximum Gasteiger partial charge on any atom is 0.181 e. The normalized spacial score (nSPS) is 12.3. The Hall–Kier alpha value is -2.73. The van der Waals surface area contributed by atoms with Crippen molar-refractivity contribution in [3.8, 4) is 11.4 Å². The SMILES string of the molecule is CC(C)CCNCC(Nc1ccccc1)c1nc(-c2ccncc2)n[nH]1. The van der Waals surface area contributed by atoms with Gasteiger partial charge in [0.05, 0.1) is 6.04 Å². The first-order chi connectivity index (χ1) is 12.7. The van der Waals surface area contributed by atoms with Crippen LogP contribution < -0.4 is 10.6 Å². The Morgan fingerprint density at radius 1 is 1.04 bits per heavy atom. The van der Waals surface area contributed by atoms with Crippen molar-refractivity contribution in [1.29, 1.82) is 0 Å². The van der Waals surface area contributed by atoms with Gasteiger partial charge in [-0.2, -0.15) is 5.10 Å². The molecule has 1 aromatic carbocycles. The van der Waals surface area contributed by atoms with Crippen molar-refractivity contribution in [2.24, 2.45) is 5.92 Å². The van der Waals surface area contributed by atoms with E-state index in [4.69, 9.17) is 4.98 Å². The van der Waals surface area contributed by atoms with Crippen molar-refractivity contribution in [2.75, 3.05) is 18.4 Å². The summed E-state index contributed by atoms with van der Waals surface area (Å²) < 4.78 is 0. The number of aromatic amines is 1. The van der Waals surface area contributed by atoms with Gasteiger partial charge in [0.25, 0.3) is 0 Å². The molecule has 0 saturated carbocycles. The van der Waals surface area contributed by atoms with E-state index in [1.165, 1.54) is 0 Å². The van der Waals surface area contributed by atoms with Crippen LogP contribution in [0.2, 0.25) is 0 Å². The Morgan fingerprint density at radius 2 is 1.81 bits per heavy atom. The first-order valence-electron chi connectivity index (χ1n) is 9.07. The van der Waals surface area contributed by atoms with E-state index in [1.54, 1.807) is 12.4 Å². The fraction of sp³-hybridized carbons (Fsp3) is 0.350. The molecule has 1 unspecified atom stereocenters. The van der Waals surface area contributed by atoms with E-state index in [0.717, 1.165) is 36.6 Å². The molecule has 3 rings (SSSR count). The van der Waals surface area contributed by atoms with Gasteiger partial charge in [0.1, 0.15) is 5.82 Å². The molecule has 0 aliphatic rings. The Morgan fingerprint density at radius 3 is 2.54 bits per heavy atom. The van der Waals surface area contributed by atoms with Gasteiger partial charge in [-0.15, -0.1) is 0 Å². The predicted molar refractivity (Wildman–Crippen MR) is 105 cm³/mol. The van der Waals surface area contributed by atoms with Gasteiger partial charge in [-0.3, -0.25) is 10.1 Å². The van der Waals surface area contributed by atoms with Gasteiger partial charge < -0.3 is 10.6 Å². The molecular weight excluding hydrogens is 324 g/mol. The molecule has 2 heterocycles. The highest BCUT2D eigenvalue weighted by Gasteiger charge is 2.17. The van der Waals surface area contributed by atoms with Crippen molar-refractivity contribution < 1.29 is 0 Å². The Kier molecular flexibility index (Phi) is 6.33. The molecule has 6 nitrogen and oxygen atoms in total. The molecule has 3 aromatic rings. The predicted octanol–water partition coefficient (Wildman–Crippen LogP) is 3.66. The van der Waals surface area contributed by atoms with E-state index in [1.807, 2.05) is 30.3 Å². The second-order valence-electron chi connectivity index (χ2n) is 6.73. The number of para-hydroxylation sites is 1. The van der Waals surface area contributed by atoms with Gasteiger partial charge >= 0.3 is 0 Å². The Bertz CT molecular complexity index is 769. The Labute approximate surface area is 154 Å². The van der Waals surface area contributed by atoms with Crippen molar-refractivity contribution in [3.05, 3.63) is 60.7 Å².